The molecular formula is C24H29FN4OS. The first kappa shape index (κ1) is 21.8. The van der Waals surface area contributed by atoms with Gasteiger partial charge in [-0.2, -0.15) is 0 Å². The number of likely N-dealkylation sites (tertiary alicyclic amines) is 1. The third kappa shape index (κ3) is 5.10. The van der Waals surface area contributed by atoms with Crippen molar-refractivity contribution in [2.24, 2.45) is 0 Å². The molecule has 2 heterocycles. The Morgan fingerprint density at radius 2 is 1.77 bits per heavy atom. The number of para-hydroxylation sites is 1. The first-order valence-electron chi connectivity index (χ1n) is 11.0. The second kappa shape index (κ2) is 10.3. The quantitative estimate of drug-likeness (QED) is 0.424. The number of piperidine rings is 1. The van der Waals surface area contributed by atoms with Gasteiger partial charge in [-0.3, -0.25) is 9.47 Å². The van der Waals surface area contributed by atoms with Crippen molar-refractivity contribution in [1.29, 1.82) is 0 Å². The molecule has 1 saturated heterocycles. The lowest BCUT2D eigenvalue weighted by Gasteiger charge is -2.31. The first-order chi connectivity index (χ1) is 15.2. The minimum atomic E-state index is -0.248. The summed E-state index contributed by atoms with van der Waals surface area (Å²) in [5.74, 6) is 2.26. The lowest BCUT2D eigenvalue weighted by molar-refractivity contribution is 0.167. The Labute approximate surface area is 187 Å². The molecule has 2 aromatic carbocycles. The SMILES string of the molecule is CCOc1ccccc1CSc1nnc(C(C)N2CCCCC2)n1-c1ccc(F)cc1. The fraction of sp³-hybridized carbons (Fsp3) is 0.417. The lowest BCUT2D eigenvalue weighted by Crippen LogP contribution is -2.33. The average molecular weight is 441 g/mol. The molecule has 0 N–H and O–H groups in total. The highest BCUT2D eigenvalue weighted by atomic mass is 32.2. The number of rotatable bonds is 8. The lowest BCUT2D eigenvalue weighted by atomic mass is 10.1. The summed E-state index contributed by atoms with van der Waals surface area (Å²) >= 11 is 1.62. The van der Waals surface area contributed by atoms with Gasteiger partial charge in [0.25, 0.3) is 0 Å². The standard InChI is InChI=1S/C24H29FN4OS/c1-3-30-22-10-6-5-9-19(22)17-31-24-27-26-23(18(2)28-15-7-4-8-16-28)29(24)21-13-11-20(25)12-14-21/h5-6,9-14,18H,3-4,7-8,15-17H2,1-2H3. The number of halogens is 1. The van der Waals surface area contributed by atoms with Crippen molar-refractivity contribution in [2.45, 2.75) is 50.1 Å². The van der Waals surface area contributed by atoms with Crippen LogP contribution in [0.1, 0.15) is 50.5 Å². The summed E-state index contributed by atoms with van der Waals surface area (Å²) in [5.41, 5.74) is 2.00. The molecule has 31 heavy (non-hydrogen) atoms. The second-order valence-electron chi connectivity index (χ2n) is 7.75. The van der Waals surface area contributed by atoms with Crippen LogP contribution in [0.15, 0.2) is 53.7 Å². The van der Waals surface area contributed by atoms with Gasteiger partial charge in [-0.15, -0.1) is 10.2 Å². The molecular weight excluding hydrogens is 411 g/mol. The second-order valence-corrected chi connectivity index (χ2v) is 8.70. The van der Waals surface area contributed by atoms with Crippen LogP contribution in [0, 0.1) is 5.82 Å². The van der Waals surface area contributed by atoms with Crippen molar-refractivity contribution in [3.05, 3.63) is 65.7 Å². The van der Waals surface area contributed by atoms with E-state index in [1.54, 1.807) is 23.9 Å². The minimum absolute atomic E-state index is 0.142. The maximum atomic E-state index is 13.6. The summed E-state index contributed by atoms with van der Waals surface area (Å²) in [7, 11) is 0. The van der Waals surface area contributed by atoms with Gasteiger partial charge < -0.3 is 4.74 Å². The Balaban J connectivity index is 1.64. The average Bonchev–Trinajstić information content (AvgIpc) is 3.23. The topological polar surface area (TPSA) is 43.2 Å². The monoisotopic (exact) mass is 440 g/mol. The zero-order valence-electron chi connectivity index (χ0n) is 18.1. The highest BCUT2D eigenvalue weighted by Crippen LogP contribution is 2.32. The first-order valence-corrected chi connectivity index (χ1v) is 11.9. The Kier molecular flexibility index (Phi) is 7.25. The van der Waals surface area contributed by atoms with Crippen molar-refractivity contribution >= 4 is 11.8 Å². The Morgan fingerprint density at radius 1 is 1.03 bits per heavy atom. The van der Waals surface area contributed by atoms with Gasteiger partial charge in [-0.25, -0.2) is 4.39 Å². The van der Waals surface area contributed by atoms with Crippen LogP contribution in [0.4, 0.5) is 4.39 Å². The number of thioether (sulfide) groups is 1. The van der Waals surface area contributed by atoms with E-state index >= 15 is 0 Å². The summed E-state index contributed by atoms with van der Waals surface area (Å²) in [5, 5.41) is 9.93. The largest absolute Gasteiger partial charge is 0.494 e. The molecule has 1 aliphatic rings. The summed E-state index contributed by atoms with van der Waals surface area (Å²) in [4.78, 5) is 2.46. The van der Waals surface area contributed by atoms with Crippen molar-refractivity contribution < 1.29 is 9.13 Å². The van der Waals surface area contributed by atoms with E-state index in [2.05, 4.69) is 32.7 Å². The van der Waals surface area contributed by atoms with E-state index in [-0.39, 0.29) is 11.9 Å². The van der Waals surface area contributed by atoms with Gasteiger partial charge >= 0.3 is 0 Å². The Morgan fingerprint density at radius 3 is 2.52 bits per heavy atom. The van der Waals surface area contributed by atoms with Gasteiger partial charge in [0.2, 0.25) is 0 Å². The van der Waals surface area contributed by atoms with Crippen molar-refractivity contribution in [1.82, 2.24) is 19.7 Å². The predicted octanol–water partition coefficient (Wildman–Crippen LogP) is 5.64. The molecule has 0 radical (unpaired) electrons. The van der Waals surface area contributed by atoms with Crippen LogP contribution in [0.3, 0.4) is 0 Å². The van der Waals surface area contributed by atoms with Gasteiger partial charge in [0.15, 0.2) is 11.0 Å². The Bertz CT molecular complexity index is 985. The van der Waals surface area contributed by atoms with E-state index in [9.17, 15) is 4.39 Å². The van der Waals surface area contributed by atoms with E-state index in [1.807, 2.05) is 25.1 Å². The van der Waals surface area contributed by atoms with Crippen LogP contribution in [-0.2, 0) is 5.75 Å². The molecule has 1 fully saturated rings. The van der Waals surface area contributed by atoms with Gasteiger partial charge in [-0.05, 0) is 70.1 Å². The van der Waals surface area contributed by atoms with Gasteiger partial charge in [0, 0.05) is 17.0 Å². The van der Waals surface area contributed by atoms with Crippen molar-refractivity contribution in [3.63, 3.8) is 0 Å². The molecule has 0 amide bonds. The van der Waals surface area contributed by atoms with Crippen molar-refractivity contribution in [3.8, 4) is 11.4 Å². The third-order valence-electron chi connectivity index (χ3n) is 5.68. The molecule has 0 aliphatic carbocycles. The molecule has 1 unspecified atom stereocenters. The van der Waals surface area contributed by atoms with Gasteiger partial charge in [0.05, 0.1) is 12.6 Å². The van der Waals surface area contributed by atoms with E-state index < -0.39 is 0 Å². The number of aromatic nitrogens is 3. The molecule has 0 spiro atoms. The van der Waals surface area contributed by atoms with Crippen LogP contribution in [0.2, 0.25) is 0 Å². The van der Waals surface area contributed by atoms with E-state index in [4.69, 9.17) is 4.74 Å². The van der Waals surface area contributed by atoms with Crippen LogP contribution in [-0.4, -0.2) is 39.4 Å². The van der Waals surface area contributed by atoms with Crippen LogP contribution < -0.4 is 4.74 Å². The molecule has 1 aromatic heterocycles. The van der Waals surface area contributed by atoms with Crippen LogP contribution in [0.5, 0.6) is 5.75 Å². The smallest absolute Gasteiger partial charge is 0.196 e. The number of benzene rings is 2. The number of hydrogen-bond donors (Lipinski definition) is 0. The molecule has 7 heteroatoms. The fourth-order valence-corrected chi connectivity index (χ4v) is 4.96. The highest BCUT2D eigenvalue weighted by Gasteiger charge is 2.25. The number of ether oxygens (including phenoxy) is 1. The minimum Gasteiger partial charge on any atom is -0.494 e. The van der Waals surface area contributed by atoms with Crippen molar-refractivity contribution in [2.75, 3.05) is 19.7 Å². The number of nitrogens with zero attached hydrogens (tertiary/aromatic N) is 4. The van der Waals surface area contributed by atoms with E-state index in [1.165, 1.54) is 31.4 Å². The maximum absolute atomic E-state index is 13.6. The maximum Gasteiger partial charge on any atom is 0.196 e. The molecule has 1 aliphatic heterocycles. The summed E-state index contributed by atoms with van der Waals surface area (Å²) in [6, 6.07) is 14.8. The van der Waals surface area contributed by atoms with Gasteiger partial charge in [0.1, 0.15) is 11.6 Å². The third-order valence-corrected chi connectivity index (χ3v) is 6.66. The van der Waals surface area contributed by atoms with Crippen LogP contribution in [0.25, 0.3) is 5.69 Å². The molecule has 3 aromatic rings. The van der Waals surface area contributed by atoms with Crippen LogP contribution >= 0.6 is 11.8 Å². The Hall–Kier alpha value is -2.38. The summed E-state index contributed by atoms with van der Waals surface area (Å²) in [6.07, 6.45) is 3.71. The molecule has 0 saturated carbocycles. The molecule has 5 nitrogen and oxygen atoms in total. The molecule has 4 rings (SSSR count). The predicted molar refractivity (Wildman–Crippen MR) is 122 cm³/mol. The zero-order valence-corrected chi connectivity index (χ0v) is 18.9. The number of hydrogen-bond acceptors (Lipinski definition) is 5. The molecule has 1 atom stereocenters. The zero-order chi connectivity index (χ0) is 21.6. The normalized spacial score (nSPS) is 15.7. The summed E-state index contributed by atoms with van der Waals surface area (Å²) in [6.45, 7) is 6.95. The molecule has 164 valence electrons. The fourth-order valence-electron chi connectivity index (χ4n) is 4.01. The highest BCUT2D eigenvalue weighted by molar-refractivity contribution is 7.98. The van der Waals surface area contributed by atoms with Gasteiger partial charge in [-0.1, -0.05) is 36.4 Å². The summed E-state index contributed by atoms with van der Waals surface area (Å²) < 4.78 is 21.4. The van der Waals surface area contributed by atoms with E-state index in [0.717, 1.165) is 41.1 Å². The molecule has 0 bridgehead atoms. The van der Waals surface area contributed by atoms with E-state index in [0.29, 0.717) is 12.4 Å².